The van der Waals surface area contributed by atoms with Gasteiger partial charge >= 0.3 is 5.97 Å². The first kappa shape index (κ1) is 14.6. The van der Waals surface area contributed by atoms with Gasteiger partial charge in [0, 0.05) is 17.6 Å². The average Bonchev–Trinajstić information content (AvgIpc) is 2.26. The van der Waals surface area contributed by atoms with Crippen LogP contribution in [0.3, 0.4) is 0 Å². The smallest absolute Gasteiger partial charge is 0.307 e. The highest BCUT2D eigenvalue weighted by Crippen LogP contribution is 2.08. The summed E-state index contributed by atoms with van der Waals surface area (Å²) in [5.41, 5.74) is 0.376. The van der Waals surface area contributed by atoms with E-state index >= 15 is 0 Å². The Morgan fingerprint density at radius 1 is 1.33 bits per heavy atom. The Kier molecular flexibility index (Phi) is 5.28. The van der Waals surface area contributed by atoms with E-state index in [2.05, 4.69) is 5.32 Å². The predicted molar refractivity (Wildman–Crippen MR) is 68.6 cm³/mol. The third kappa shape index (κ3) is 5.77. The number of halogens is 1. The number of benzene rings is 1. The standard InChI is InChI=1S/C14H20FNO2/c1-14(2,3)16-9-8-13(17)18-10-11-6-4-5-7-12(11)15/h4-7,16H,8-10H2,1-3H3. The van der Waals surface area contributed by atoms with E-state index in [0.29, 0.717) is 12.1 Å². The van der Waals surface area contributed by atoms with E-state index in [1.165, 1.54) is 6.07 Å². The molecule has 1 N–H and O–H groups in total. The number of carbonyl (C=O) groups excluding carboxylic acids is 1. The van der Waals surface area contributed by atoms with Crippen LogP contribution in [0.15, 0.2) is 24.3 Å². The molecule has 0 aliphatic heterocycles. The minimum absolute atomic E-state index is 0.0129. The summed E-state index contributed by atoms with van der Waals surface area (Å²) in [7, 11) is 0. The number of esters is 1. The first-order valence-electron chi connectivity index (χ1n) is 6.02. The number of ether oxygens (including phenoxy) is 1. The van der Waals surface area contributed by atoms with E-state index in [4.69, 9.17) is 4.74 Å². The molecule has 0 aliphatic carbocycles. The summed E-state index contributed by atoms with van der Waals surface area (Å²) in [4.78, 5) is 11.4. The fourth-order valence-electron chi connectivity index (χ4n) is 1.39. The Bertz CT molecular complexity index is 399. The first-order chi connectivity index (χ1) is 8.38. The Balaban J connectivity index is 2.28. The van der Waals surface area contributed by atoms with Gasteiger partial charge in [-0.05, 0) is 26.8 Å². The quantitative estimate of drug-likeness (QED) is 0.820. The minimum atomic E-state index is -0.349. The van der Waals surface area contributed by atoms with Crippen LogP contribution in [0.4, 0.5) is 4.39 Å². The Morgan fingerprint density at radius 3 is 2.61 bits per heavy atom. The maximum atomic E-state index is 13.2. The zero-order valence-corrected chi connectivity index (χ0v) is 11.1. The van der Waals surface area contributed by atoms with E-state index in [0.717, 1.165) is 0 Å². The molecule has 0 amide bonds. The van der Waals surface area contributed by atoms with Crippen LogP contribution in [-0.2, 0) is 16.1 Å². The molecule has 0 aromatic heterocycles. The molecule has 0 unspecified atom stereocenters. The van der Waals surface area contributed by atoms with Crippen LogP contribution in [0.1, 0.15) is 32.8 Å². The lowest BCUT2D eigenvalue weighted by molar-refractivity contribution is -0.144. The van der Waals surface area contributed by atoms with Crippen molar-refractivity contribution in [3.05, 3.63) is 35.6 Å². The summed E-state index contributed by atoms with van der Waals surface area (Å²) >= 11 is 0. The van der Waals surface area contributed by atoms with Crippen molar-refractivity contribution in [3.63, 3.8) is 0 Å². The van der Waals surface area contributed by atoms with Gasteiger partial charge in [0.2, 0.25) is 0 Å². The second-order valence-electron chi connectivity index (χ2n) is 5.18. The molecule has 1 rings (SSSR count). The van der Waals surface area contributed by atoms with Gasteiger partial charge < -0.3 is 10.1 Å². The molecule has 0 fully saturated rings. The molecular weight excluding hydrogens is 233 g/mol. The third-order valence-electron chi connectivity index (χ3n) is 2.33. The molecule has 18 heavy (non-hydrogen) atoms. The Morgan fingerprint density at radius 2 is 2.00 bits per heavy atom. The molecule has 0 heterocycles. The number of nitrogens with one attached hydrogen (secondary N) is 1. The Hall–Kier alpha value is -1.42. The van der Waals surface area contributed by atoms with E-state index < -0.39 is 0 Å². The average molecular weight is 253 g/mol. The molecule has 0 aliphatic rings. The van der Waals surface area contributed by atoms with Gasteiger partial charge in [-0.1, -0.05) is 18.2 Å². The van der Waals surface area contributed by atoms with E-state index in [-0.39, 0.29) is 30.4 Å². The number of carbonyl (C=O) groups is 1. The topological polar surface area (TPSA) is 38.3 Å². The molecule has 0 spiro atoms. The van der Waals surface area contributed by atoms with Crippen molar-refractivity contribution in [2.24, 2.45) is 0 Å². The van der Waals surface area contributed by atoms with Crippen LogP contribution >= 0.6 is 0 Å². The zero-order chi connectivity index (χ0) is 13.6. The molecule has 0 bridgehead atoms. The third-order valence-corrected chi connectivity index (χ3v) is 2.33. The highest BCUT2D eigenvalue weighted by Gasteiger charge is 2.10. The van der Waals surface area contributed by atoms with Crippen LogP contribution in [-0.4, -0.2) is 18.1 Å². The normalized spacial score (nSPS) is 11.3. The van der Waals surface area contributed by atoms with Gasteiger partial charge in [-0.15, -0.1) is 0 Å². The number of hydrogen-bond donors (Lipinski definition) is 1. The predicted octanol–water partition coefficient (Wildman–Crippen LogP) is 2.65. The summed E-state index contributed by atoms with van der Waals surface area (Å²) in [6.07, 6.45) is 0.283. The fraction of sp³-hybridized carbons (Fsp3) is 0.500. The van der Waals surface area contributed by atoms with E-state index in [9.17, 15) is 9.18 Å². The SMILES string of the molecule is CC(C)(C)NCCC(=O)OCc1ccccc1F. The van der Waals surface area contributed by atoms with Crippen LogP contribution in [0.2, 0.25) is 0 Å². The summed E-state index contributed by atoms with van der Waals surface area (Å²) in [5.74, 6) is -0.673. The molecule has 1 aromatic rings. The van der Waals surface area contributed by atoms with Gasteiger partial charge in [-0.3, -0.25) is 4.79 Å². The molecule has 4 heteroatoms. The number of rotatable bonds is 5. The highest BCUT2D eigenvalue weighted by atomic mass is 19.1. The molecule has 0 radical (unpaired) electrons. The summed E-state index contributed by atoms with van der Waals surface area (Å²) in [5, 5.41) is 3.19. The van der Waals surface area contributed by atoms with Crippen LogP contribution in [0, 0.1) is 5.82 Å². The molecule has 0 saturated carbocycles. The van der Waals surface area contributed by atoms with Gasteiger partial charge in [0.15, 0.2) is 0 Å². The fourth-order valence-corrected chi connectivity index (χ4v) is 1.39. The lowest BCUT2D eigenvalue weighted by Gasteiger charge is -2.19. The highest BCUT2D eigenvalue weighted by molar-refractivity contribution is 5.69. The van der Waals surface area contributed by atoms with E-state index in [1.54, 1.807) is 18.2 Å². The lowest BCUT2D eigenvalue weighted by atomic mass is 10.1. The summed E-state index contributed by atoms with van der Waals surface area (Å²) < 4.78 is 18.2. The largest absolute Gasteiger partial charge is 0.461 e. The second kappa shape index (κ2) is 6.50. The minimum Gasteiger partial charge on any atom is -0.461 e. The second-order valence-corrected chi connectivity index (χ2v) is 5.18. The van der Waals surface area contributed by atoms with Crippen molar-refractivity contribution in [1.82, 2.24) is 5.32 Å². The van der Waals surface area contributed by atoms with Crippen LogP contribution in [0.25, 0.3) is 0 Å². The van der Waals surface area contributed by atoms with Crippen molar-refractivity contribution < 1.29 is 13.9 Å². The van der Waals surface area contributed by atoms with Crippen molar-refractivity contribution >= 4 is 5.97 Å². The molecule has 0 saturated heterocycles. The molecule has 3 nitrogen and oxygen atoms in total. The van der Waals surface area contributed by atoms with Crippen LogP contribution in [0.5, 0.6) is 0 Å². The maximum Gasteiger partial charge on any atom is 0.307 e. The van der Waals surface area contributed by atoms with Crippen LogP contribution < -0.4 is 5.32 Å². The van der Waals surface area contributed by atoms with Gasteiger partial charge in [0.25, 0.3) is 0 Å². The monoisotopic (exact) mass is 253 g/mol. The van der Waals surface area contributed by atoms with Gasteiger partial charge in [0.05, 0.1) is 6.42 Å². The molecule has 100 valence electrons. The lowest BCUT2D eigenvalue weighted by Crippen LogP contribution is -2.37. The number of hydrogen-bond acceptors (Lipinski definition) is 3. The van der Waals surface area contributed by atoms with Gasteiger partial charge in [-0.25, -0.2) is 4.39 Å². The van der Waals surface area contributed by atoms with Crippen molar-refractivity contribution in [3.8, 4) is 0 Å². The summed E-state index contributed by atoms with van der Waals surface area (Å²) in [6.45, 7) is 6.62. The first-order valence-corrected chi connectivity index (χ1v) is 6.02. The van der Waals surface area contributed by atoms with Crippen molar-refractivity contribution in [2.75, 3.05) is 6.54 Å². The van der Waals surface area contributed by atoms with Crippen molar-refractivity contribution in [1.29, 1.82) is 0 Å². The maximum absolute atomic E-state index is 13.2. The molecule has 0 atom stereocenters. The Labute approximate surface area is 107 Å². The molecule has 1 aromatic carbocycles. The van der Waals surface area contributed by atoms with E-state index in [1.807, 2.05) is 20.8 Å². The molecular formula is C14H20FNO2. The van der Waals surface area contributed by atoms with Crippen molar-refractivity contribution in [2.45, 2.75) is 39.3 Å². The van der Waals surface area contributed by atoms with Gasteiger partial charge in [0.1, 0.15) is 12.4 Å². The zero-order valence-electron chi connectivity index (χ0n) is 11.1. The van der Waals surface area contributed by atoms with Gasteiger partial charge in [-0.2, -0.15) is 0 Å². The summed E-state index contributed by atoms with van der Waals surface area (Å²) in [6, 6.07) is 6.28.